The quantitative estimate of drug-likeness (QED) is 0.505. The molecule has 3 aromatic rings. The maximum Gasteiger partial charge on any atom is 0.341 e. The van der Waals surface area contributed by atoms with E-state index in [9.17, 15) is 9.59 Å². The Balaban J connectivity index is 1.36. The Bertz CT molecular complexity index is 1350. The number of carbonyl (C=O) groups is 1. The normalized spacial score (nSPS) is 17.3. The van der Waals surface area contributed by atoms with Crippen molar-refractivity contribution < 1.29 is 24.1 Å². The highest BCUT2D eigenvalue weighted by molar-refractivity contribution is 6.32. The third-order valence-electron chi connectivity index (χ3n) is 6.36. The van der Waals surface area contributed by atoms with Crippen LogP contribution in [0.3, 0.4) is 0 Å². The monoisotopic (exact) mass is 515 g/mol. The second-order valence-corrected chi connectivity index (χ2v) is 9.18. The lowest BCUT2D eigenvalue weighted by atomic mass is 10.0. The molecule has 36 heavy (non-hydrogen) atoms. The van der Waals surface area contributed by atoms with E-state index in [0.717, 1.165) is 32.5 Å². The molecule has 2 aliphatic rings. The highest BCUT2D eigenvalue weighted by Crippen LogP contribution is 2.33. The number of nitrogens with one attached hydrogen (secondary N) is 1. The third kappa shape index (κ3) is 4.95. The van der Waals surface area contributed by atoms with Gasteiger partial charge in [0, 0.05) is 44.1 Å². The number of pyridine rings is 1. The van der Waals surface area contributed by atoms with E-state index >= 15 is 0 Å². The predicted octanol–water partition coefficient (Wildman–Crippen LogP) is 2.92. The van der Waals surface area contributed by atoms with Gasteiger partial charge in [0.25, 0.3) is 5.56 Å². The fourth-order valence-electron chi connectivity index (χ4n) is 4.46. The van der Waals surface area contributed by atoms with Gasteiger partial charge >= 0.3 is 5.97 Å². The molecule has 0 amide bonds. The molecule has 190 valence electrons. The zero-order valence-electron chi connectivity index (χ0n) is 19.7. The summed E-state index contributed by atoms with van der Waals surface area (Å²) in [5.74, 6) is -0.704. The highest BCUT2D eigenvalue weighted by atomic mass is 35.5. The summed E-state index contributed by atoms with van der Waals surface area (Å²) in [7, 11) is 1.60. The van der Waals surface area contributed by atoms with E-state index in [0.29, 0.717) is 46.5 Å². The Kier molecular flexibility index (Phi) is 6.69. The summed E-state index contributed by atoms with van der Waals surface area (Å²) in [6.45, 7) is 2.24. The Morgan fingerprint density at radius 3 is 2.72 bits per heavy atom. The van der Waals surface area contributed by atoms with Crippen LogP contribution in [0, 0.1) is 0 Å². The first-order valence-electron chi connectivity index (χ1n) is 11.6. The minimum Gasteiger partial charge on any atom is -0.479 e. The Morgan fingerprint density at radius 2 is 2.00 bits per heavy atom. The van der Waals surface area contributed by atoms with Crippen LogP contribution in [0.5, 0.6) is 5.75 Å². The second kappa shape index (κ2) is 9.92. The highest BCUT2D eigenvalue weighted by Gasteiger charge is 2.39. The van der Waals surface area contributed by atoms with Crippen molar-refractivity contribution >= 4 is 45.9 Å². The molecule has 1 aromatic carbocycles. The van der Waals surface area contributed by atoms with Crippen LogP contribution in [0.2, 0.25) is 5.02 Å². The van der Waals surface area contributed by atoms with E-state index in [4.69, 9.17) is 30.9 Å². The number of benzene rings is 1. The Labute approximate surface area is 211 Å². The fourth-order valence-corrected chi connectivity index (χ4v) is 4.60. The number of hydrogen-bond donors (Lipinski definition) is 2. The van der Waals surface area contributed by atoms with E-state index in [1.807, 2.05) is 6.07 Å². The summed E-state index contributed by atoms with van der Waals surface area (Å²) >= 11 is 6.39. The largest absolute Gasteiger partial charge is 0.479 e. The molecule has 0 bridgehead atoms. The summed E-state index contributed by atoms with van der Waals surface area (Å²) in [4.78, 5) is 34.5. The number of aromatic nitrogens is 3. The van der Waals surface area contributed by atoms with Crippen LogP contribution in [-0.4, -0.2) is 64.3 Å². The SMILES string of the molecule is Cn1c(=O)c(OCC(=O)O)cc2cc(Nc3nc(N4CCC5(CC4)OCCCO5)ncc3Cl)ccc21. The standard InChI is InChI=1S/C24H26ClN5O6/c1-29-18-4-3-16(11-15(18)12-19(22(29)33)34-14-20(31)32)27-21-17(25)13-26-23(28-21)30-7-5-24(6-8-30)35-9-2-10-36-24/h3-4,11-13H,2,5-10,14H2,1H3,(H,31,32)(H,26,27,28). The van der Waals surface area contributed by atoms with Crippen LogP contribution in [0.4, 0.5) is 17.5 Å². The molecule has 2 aromatic heterocycles. The molecule has 0 saturated carbocycles. The number of nitrogens with zero attached hydrogens (tertiary/aromatic N) is 4. The van der Waals surface area contributed by atoms with Gasteiger partial charge in [-0.15, -0.1) is 0 Å². The third-order valence-corrected chi connectivity index (χ3v) is 6.64. The molecule has 2 N–H and O–H groups in total. The van der Waals surface area contributed by atoms with Crippen molar-refractivity contribution in [1.29, 1.82) is 0 Å². The van der Waals surface area contributed by atoms with Crippen molar-refractivity contribution in [1.82, 2.24) is 14.5 Å². The Hall–Kier alpha value is -3.41. The van der Waals surface area contributed by atoms with E-state index in [1.165, 1.54) is 10.6 Å². The number of piperidine rings is 1. The number of hydrogen-bond acceptors (Lipinski definition) is 9. The number of anilines is 3. The molecular weight excluding hydrogens is 490 g/mol. The van der Waals surface area contributed by atoms with Crippen molar-refractivity contribution in [2.75, 3.05) is 43.1 Å². The summed E-state index contributed by atoms with van der Waals surface area (Å²) in [6.07, 6.45) is 3.95. The van der Waals surface area contributed by atoms with Gasteiger partial charge in [-0.2, -0.15) is 4.98 Å². The summed E-state index contributed by atoms with van der Waals surface area (Å²) < 4.78 is 18.4. The van der Waals surface area contributed by atoms with Crippen LogP contribution < -0.4 is 20.5 Å². The van der Waals surface area contributed by atoms with Crippen molar-refractivity contribution in [2.45, 2.75) is 25.0 Å². The van der Waals surface area contributed by atoms with Gasteiger partial charge in [-0.1, -0.05) is 11.6 Å². The van der Waals surface area contributed by atoms with Crippen molar-refractivity contribution in [2.24, 2.45) is 7.05 Å². The lowest BCUT2D eigenvalue weighted by Gasteiger charge is -2.43. The zero-order chi connectivity index (χ0) is 25.3. The summed E-state index contributed by atoms with van der Waals surface area (Å²) in [6, 6.07) is 6.92. The maximum absolute atomic E-state index is 12.5. The van der Waals surface area contributed by atoms with Gasteiger partial charge in [-0.3, -0.25) is 4.79 Å². The smallest absolute Gasteiger partial charge is 0.341 e. The average Bonchev–Trinajstić information content (AvgIpc) is 2.87. The lowest BCUT2D eigenvalue weighted by Crippen LogP contribution is -2.50. The van der Waals surface area contributed by atoms with Crippen LogP contribution >= 0.6 is 11.6 Å². The molecule has 1 spiro atoms. The van der Waals surface area contributed by atoms with Crippen LogP contribution in [0.1, 0.15) is 19.3 Å². The summed E-state index contributed by atoms with van der Waals surface area (Å²) in [5, 5.41) is 13.1. The molecule has 0 unspecified atom stereocenters. The first-order valence-corrected chi connectivity index (χ1v) is 12.0. The van der Waals surface area contributed by atoms with Gasteiger partial charge in [-0.25, -0.2) is 9.78 Å². The molecule has 2 aliphatic heterocycles. The fraction of sp³-hybridized carbons (Fsp3) is 0.417. The lowest BCUT2D eigenvalue weighted by molar-refractivity contribution is -0.275. The first kappa shape index (κ1) is 24.3. The van der Waals surface area contributed by atoms with E-state index < -0.39 is 23.9 Å². The molecule has 4 heterocycles. The number of ether oxygens (including phenoxy) is 3. The maximum atomic E-state index is 12.5. The topological polar surface area (TPSA) is 128 Å². The molecule has 5 rings (SSSR count). The van der Waals surface area contributed by atoms with Gasteiger partial charge in [0.1, 0.15) is 5.02 Å². The van der Waals surface area contributed by atoms with Gasteiger partial charge < -0.3 is 34.1 Å². The first-order chi connectivity index (χ1) is 17.3. The molecule has 2 saturated heterocycles. The number of carboxylic acids is 1. The number of aliphatic carboxylic acids is 1. The van der Waals surface area contributed by atoms with Gasteiger partial charge in [-0.05, 0) is 30.7 Å². The van der Waals surface area contributed by atoms with Crippen molar-refractivity contribution in [3.05, 3.63) is 45.8 Å². The average molecular weight is 516 g/mol. The second-order valence-electron chi connectivity index (χ2n) is 8.77. The molecule has 12 heteroatoms. The molecule has 11 nitrogen and oxygen atoms in total. The van der Waals surface area contributed by atoms with E-state index in [-0.39, 0.29) is 5.75 Å². The van der Waals surface area contributed by atoms with Crippen LogP contribution in [0.15, 0.2) is 35.3 Å². The molecule has 0 radical (unpaired) electrons. The predicted molar refractivity (Wildman–Crippen MR) is 133 cm³/mol. The minimum atomic E-state index is -1.16. The molecule has 2 fully saturated rings. The number of aryl methyl sites for hydroxylation is 1. The zero-order valence-corrected chi connectivity index (χ0v) is 20.5. The minimum absolute atomic E-state index is 0.0410. The van der Waals surface area contributed by atoms with Crippen molar-refractivity contribution in [3.8, 4) is 5.75 Å². The molecule has 0 aliphatic carbocycles. The number of fused-ring (bicyclic) bond motifs is 1. The summed E-state index contributed by atoms with van der Waals surface area (Å²) in [5.41, 5.74) is 0.927. The van der Waals surface area contributed by atoms with E-state index in [1.54, 1.807) is 25.4 Å². The number of rotatable bonds is 6. The molecule has 0 atom stereocenters. The van der Waals surface area contributed by atoms with Crippen LogP contribution in [-0.2, 0) is 21.3 Å². The number of carboxylic acid groups (broad SMARTS) is 1. The van der Waals surface area contributed by atoms with Crippen molar-refractivity contribution in [3.63, 3.8) is 0 Å². The molecular formula is C24H26ClN5O6. The number of halogens is 1. The van der Waals surface area contributed by atoms with Gasteiger partial charge in [0.15, 0.2) is 24.0 Å². The van der Waals surface area contributed by atoms with Gasteiger partial charge in [0.2, 0.25) is 5.95 Å². The van der Waals surface area contributed by atoms with Gasteiger partial charge in [0.05, 0.1) is 24.9 Å². The van der Waals surface area contributed by atoms with Crippen LogP contribution in [0.25, 0.3) is 10.9 Å². The Morgan fingerprint density at radius 1 is 1.25 bits per heavy atom. The van der Waals surface area contributed by atoms with E-state index in [2.05, 4.69) is 20.2 Å².